The summed E-state index contributed by atoms with van der Waals surface area (Å²) in [5.41, 5.74) is 0. The summed E-state index contributed by atoms with van der Waals surface area (Å²) in [6.07, 6.45) is 17.5. The van der Waals surface area contributed by atoms with E-state index in [9.17, 15) is 0 Å². The van der Waals surface area contributed by atoms with Gasteiger partial charge in [0.1, 0.15) is 0 Å². The average Bonchev–Trinajstić information content (AvgIpc) is 3.13. The van der Waals surface area contributed by atoms with Crippen LogP contribution in [-0.4, -0.2) is 38.5 Å². The molecule has 2 rings (SSSR count). The third-order valence-electron chi connectivity index (χ3n) is 5.50. The fourth-order valence-corrected chi connectivity index (χ4v) is 3.81. The molecule has 0 aromatic heterocycles. The topological polar surface area (TPSA) is 36.9 Å². The number of hydrogen-bond acceptors (Lipinski definition) is 4. The van der Waals surface area contributed by atoms with E-state index >= 15 is 0 Å². The molecule has 0 amide bonds. The average molecular weight is 357 g/mol. The Bertz CT molecular complexity index is 309. The lowest BCUT2D eigenvalue weighted by molar-refractivity contribution is -0.164. The zero-order valence-corrected chi connectivity index (χ0v) is 16.4. The largest absolute Gasteiger partial charge is 0.353 e. The summed E-state index contributed by atoms with van der Waals surface area (Å²) in [6, 6.07) is 0. The van der Waals surface area contributed by atoms with Gasteiger partial charge in [-0.05, 0) is 38.5 Å². The van der Waals surface area contributed by atoms with E-state index in [1.807, 2.05) is 0 Å². The molecule has 0 bridgehead atoms. The van der Waals surface area contributed by atoms with Gasteiger partial charge in [-0.15, -0.1) is 0 Å². The predicted molar refractivity (Wildman–Crippen MR) is 101 cm³/mol. The van der Waals surface area contributed by atoms with E-state index in [0.29, 0.717) is 0 Å². The maximum atomic E-state index is 5.78. The van der Waals surface area contributed by atoms with Crippen molar-refractivity contribution in [1.82, 2.24) is 0 Å². The Hall–Kier alpha value is -0.160. The molecule has 2 aliphatic heterocycles. The lowest BCUT2D eigenvalue weighted by atomic mass is 10.0. The molecule has 2 aliphatic rings. The molecule has 0 aliphatic carbocycles. The zero-order valence-electron chi connectivity index (χ0n) is 16.4. The second-order valence-corrected chi connectivity index (χ2v) is 7.56. The maximum Gasteiger partial charge on any atom is 0.168 e. The van der Waals surface area contributed by atoms with Gasteiger partial charge in [0.2, 0.25) is 0 Å². The summed E-state index contributed by atoms with van der Waals surface area (Å²) in [5, 5.41) is 0. The van der Waals surface area contributed by atoms with Gasteiger partial charge in [0.25, 0.3) is 0 Å². The lowest BCUT2D eigenvalue weighted by Crippen LogP contribution is -2.28. The minimum atomic E-state index is -0.245. The first kappa shape index (κ1) is 21.1. The molecule has 1 unspecified atom stereocenters. The first-order chi connectivity index (χ1) is 12.3. The smallest absolute Gasteiger partial charge is 0.168 e. The van der Waals surface area contributed by atoms with Gasteiger partial charge in [-0.2, -0.15) is 0 Å². The lowest BCUT2D eigenvalue weighted by Gasteiger charge is -2.25. The van der Waals surface area contributed by atoms with E-state index in [1.165, 1.54) is 70.6 Å². The summed E-state index contributed by atoms with van der Waals surface area (Å²) >= 11 is 0. The number of unbranched alkanes of at least 4 members (excludes halogenated alkanes) is 8. The van der Waals surface area contributed by atoms with Crippen molar-refractivity contribution < 1.29 is 18.9 Å². The van der Waals surface area contributed by atoms with Crippen molar-refractivity contribution in [3.05, 3.63) is 0 Å². The van der Waals surface area contributed by atoms with Gasteiger partial charge in [0.05, 0.1) is 13.2 Å². The molecule has 4 nitrogen and oxygen atoms in total. The quantitative estimate of drug-likeness (QED) is 0.381. The molecule has 2 fully saturated rings. The van der Waals surface area contributed by atoms with Gasteiger partial charge in [0.15, 0.2) is 12.1 Å². The Kier molecular flexibility index (Phi) is 11.1. The molecule has 0 saturated carbocycles. The molecule has 2 saturated heterocycles. The van der Waals surface area contributed by atoms with Crippen LogP contribution >= 0.6 is 0 Å². The molecule has 0 spiro atoms. The standard InChI is InChI=1S/C21H40O4/c1-2-21(24-18-19-25-21)15-11-8-6-4-3-5-7-9-12-16-22-20-14-10-13-17-23-20/h20H,2-19H2,1H3. The van der Waals surface area contributed by atoms with Crippen LogP contribution in [0, 0.1) is 0 Å². The minimum Gasteiger partial charge on any atom is -0.353 e. The Balaban J connectivity index is 1.30. The third-order valence-corrected chi connectivity index (χ3v) is 5.50. The molecule has 0 N–H and O–H groups in total. The van der Waals surface area contributed by atoms with E-state index in [4.69, 9.17) is 18.9 Å². The molecular formula is C21H40O4. The fourth-order valence-electron chi connectivity index (χ4n) is 3.81. The maximum absolute atomic E-state index is 5.78. The van der Waals surface area contributed by atoms with Gasteiger partial charge >= 0.3 is 0 Å². The van der Waals surface area contributed by atoms with Crippen molar-refractivity contribution in [2.75, 3.05) is 26.4 Å². The van der Waals surface area contributed by atoms with E-state index in [-0.39, 0.29) is 12.1 Å². The summed E-state index contributed by atoms with van der Waals surface area (Å²) in [4.78, 5) is 0. The monoisotopic (exact) mass is 356 g/mol. The third kappa shape index (κ3) is 8.85. The molecule has 0 aromatic rings. The van der Waals surface area contributed by atoms with Crippen molar-refractivity contribution in [1.29, 1.82) is 0 Å². The molecule has 0 aromatic carbocycles. The van der Waals surface area contributed by atoms with Crippen molar-refractivity contribution in [3.8, 4) is 0 Å². The van der Waals surface area contributed by atoms with Crippen LogP contribution in [0.25, 0.3) is 0 Å². The summed E-state index contributed by atoms with van der Waals surface area (Å²) in [5.74, 6) is -0.245. The number of hydrogen-bond donors (Lipinski definition) is 0. The summed E-state index contributed by atoms with van der Waals surface area (Å²) in [7, 11) is 0. The zero-order chi connectivity index (χ0) is 17.6. The highest BCUT2D eigenvalue weighted by atomic mass is 16.7. The summed E-state index contributed by atoms with van der Waals surface area (Å²) < 4.78 is 22.9. The van der Waals surface area contributed by atoms with Crippen molar-refractivity contribution in [3.63, 3.8) is 0 Å². The van der Waals surface area contributed by atoms with Crippen molar-refractivity contribution >= 4 is 0 Å². The van der Waals surface area contributed by atoms with Crippen LogP contribution in [0.4, 0.5) is 0 Å². The molecule has 25 heavy (non-hydrogen) atoms. The fraction of sp³-hybridized carbons (Fsp3) is 1.00. The number of ether oxygens (including phenoxy) is 4. The normalized spacial score (nSPS) is 23.2. The van der Waals surface area contributed by atoms with Crippen LogP contribution < -0.4 is 0 Å². The highest BCUT2D eigenvalue weighted by Gasteiger charge is 2.33. The predicted octanol–water partition coefficient (Wildman–Crippen LogP) is 5.58. The highest BCUT2D eigenvalue weighted by molar-refractivity contribution is 4.72. The second-order valence-electron chi connectivity index (χ2n) is 7.56. The van der Waals surface area contributed by atoms with Crippen molar-refractivity contribution in [2.45, 2.75) is 109 Å². The number of rotatable bonds is 14. The molecule has 1 atom stereocenters. The Morgan fingerprint density at radius 1 is 0.800 bits per heavy atom. The molecule has 2 heterocycles. The van der Waals surface area contributed by atoms with Gasteiger partial charge < -0.3 is 18.9 Å². The minimum absolute atomic E-state index is 0.0839. The SMILES string of the molecule is CCC1(CCCCCCCCCCCOC2CCCCO2)OCCO1. The second kappa shape index (κ2) is 13.1. The highest BCUT2D eigenvalue weighted by Crippen LogP contribution is 2.29. The Morgan fingerprint density at radius 2 is 1.44 bits per heavy atom. The van der Waals surface area contributed by atoms with Gasteiger partial charge in [-0.1, -0.05) is 51.9 Å². The Labute approximate surface area is 154 Å². The van der Waals surface area contributed by atoms with Crippen LogP contribution in [0.3, 0.4) is 0 Å². The first-order valence-electron chi connectivity index (χ1n) is 10.9. The molecule has 0 radical (unpaired) electrons. The van der Waals surface area contributed by atoms with Crippen molar-refractivity contribution in [2.24, 2.45) is 0 Å². The van der Waals surface area contributed by atoms with E-state index in [1.54, 1.807) is 0 Å². The molecular weight excluding hydrogens is 316 g/mol. The van der Waals surface area contributed by atoms with Gasteiger partial charge in [-0.25, -0.2) is 0 Å². The van der Waals surface area contributed by atoms with Crippen LogP contribution in [0.5, 0.6) is 0 Å². The van der Waals surface area contributed by atoms with Crippen LogP contribution in [0.2, 0.25) is 0 Å². The Morgan fingerprint density at radius 3 is 2.04 bits per heavy atom. The van der Waals surface area contributed by atoms with E-state index in [0.717, 1.165) is 45.7 Å². The summed E-state index contributed by atoms with van der Waals surface area (Å²) in [6.45, 7) is 5.45. The first-order valence-corrected chi connectivity index (χ1v) is 10.9. The van der Waals surface area contributed by atoms with E-state index in [2.05, 4.69) is 6.92 Å². The van der Waals surface area contributed by atoms with Crippen LogP contribution in [0.15, 0.2) is 0 Å². The molecule has 4 heteroatoms. The van der Waals surface area contributed by atoms with Gasteiger partial charge in [0, 0.05) is 19.6 Å². The van der Waals surface area contributed by atoms with Gasteiger partial charge in [-0.3, -0.25) is 0 Å². The molecule has 148 valence electrons. The van der Waals surface area contributed by atoms with E-state index < -0.39 is 0 Å². The van der Waals surface area contributed by atoms with Crippen LogP contribution in [0.1, 0.15) is 96.8 Å². The van der Waals surface area contributed by atoms with Crippen LogP contribution in [-0.2, 0) is 18.9 Å².